The van der Waals surface area contributed by atoms with E-state index in [2.05, 4.69) is 15.6 Å². The van der Waals surface area contributed by atoms with Crippen LogP contribution < -0.4 is 25.8 Å². The quantitative estimate of drug-likeness (QED) is 0.191. The van der Waals surface area contributed by atoms with E-state index in [1.165, 1.54) is 6.07 Å². The first-order chi connectivity index (χ1) is 18.3. The van der Waals surface area contributed by atoms with Crippen LogP contribution in [0, 0.1) is 6.92 Å². The zero-order valence-electron chi connectivity index (χ0n) is 20.4. The maximum Gasteiger partial charge on any atom is 0.336 e. The van der Waals surface area contributed by atoms with Gasteiger partial charge in [-0.05, 0) is 53.9 Å². The number of benzene rings is 3. The van der Waals surface area contributed by atoms with E-state index in [9.17, 15) is 15.0 Å². The smallest absolute Gasteiger partial charge is 0.336 e. The average molecular weight is 533 g/mol. The predicted molar refractivity (Wildman–Crippen MR) is 146 cm³/mol. The third kappa shape index (κ3) is 5.15. The fraction of sp³-hybridized carbons (Fsp3) is 0.143. The molecule has 10 heteroatoms. The number of fused-ring (bicyclic) bond motifs is 1. The number of pyridine rings is 1. The SMILES string of the molecule is Cc1ccc(OC2Nc3cc(-c4ccc(-c5ccc(OCCN)cc5O)cc4)c(Cl)nc3N2)cc1C(=O)O. The molecule has 0 aliphatic carbocycles. The van der Waals surface area contributed by atoms with Crippen molar-refractivity contribution in [3.63, 3.8) is 0 Å². The van der Waals surface area contributed by atoms with E-state index in [-0.39, 0.29) is 11.3 Å². The van der Waals surface area contributed by atoms with Gasteiger partial charge in [-0.25, -0.2) is 9.78 Å². The summed E-state index contributed by atoms with van der Waals surface area (Å²) in [5, 5.41) is 26.4. The molecule has 1 aromatic heterocycles. The summed E-state index contributed by atoms with van der Waals surface area (Å²) in [4.78, 5) is 15.9. The molecule has 1 atom stereocenters. The molecule has 2 heterocycles. The summed E-state index contributed by atoms with van der Waals surface area (Å²) >= 11 is 6.52. The molecular weight excluding hydrogens is 508 g/mol. The molecular formula is C28H25ClN4O5. The molecule has 0 saturated heterocycles. The lowest BCUT2D eigenvalue weighted by molar-refractivity contribution is 0.0695. The second kappa shape index (κ2) is 10.5. The number of carbonyl (C=O) groups is 1. The van der Waals surface area contributed by atoms with Gasteiger partial charge in [0.05, 0.1) is 11.3 Å². The Labute approximate surface area is 223 Å². The standard InChI is InChI=1S/C28H25ClN4O5/c1-15-2-7-19(12-21(15)27(35)36)38-28-31-23-14-22(25(29)32-26(23)33-28)17-5-3-16(4-6-17)20-9-8-18(13-24(20)34)37-11-10-30/h2-9,12-14,28,31,34H,10-11,30H2,1H3,(H,32,33)(H,35,36). The summed E-state index contributed by atoms with van der Waals surface area (Å²) in [6.45, 7) is 2.49. The highest BCUT2D eigenvalue weighted by molar-refractivity contribution is 6.32. The van der Waals surface area contributed by atoms with Gasteiger partial charge in [-0.15, -0.1) is 0 Å². The summed E-state index contributed by atoms with van der Waals surface area (Å²) in [6.07, 6.45) is -0.657. The highest BCUT2D eigenvalue weighted by Gasteiger charge is 2.25. The van der Waals surface area contributed by atoms with E-state index in [1.54, 1.807) is 37.3 Å². The van der Waals surface area contributed by atoms with E-state index in [4.69, 9.17) is 26.8 Å². The summed E-state index contributed by atoms with van der Waals surface area (Å²) in [7, 11) is 0. The van der Waals surface area contributed by atoms with Gasteiger partial charge in [-0.1, -0.05) is 41.9 Å². The number of anilines is 2. The van der Waals surface area contributed by atoms with Gasteiger partial charge in [0, 0.05) is 23.7 Å². The van der Waals surface area contributed by atoms with Gasteiger partial charge in [0.1, 0.15) is 29.0 Å². The number of phenolic OH excluding ortho intramolecular Hbond substituents is 1. The van der Waals surface area contributed by atoms with Crippen LogP contribution in [0.5, 0.6) is 17.2 Å². The third-order valence-electron chi connectivity index (χ3n) is 6.09. The van der Waals surface area contributed by atoms with Gasteiger partial charge in [-0.2, -0.15) is 0 Å². The number of carboxylic acid groups (broad SMARTS) is 1. The molecule has 0 spiro atoms. The van der Waals surface area contributed by atoms with Crippen LogP contribution in [-0.4, -0.2) is 40.7 Å². The van der Waals surface area contributed by atoms with Crippen molar-refractivity contribution in [1.29, 1.82) is 0 Å². The highest BCUT2D eigenvalue weighted by atomic mass is 35.5. The van der Waals surface area contributed by atoms with Gasteiger partial charge >= 0.3 is 5.97 Å². The fourth-order valence-electron chi connectivity index (χ4n) is 4.17. The number of hydrogen-bond acceptors (Lipinski definition) is 8. The van der Waals surface area contributed by atoms with E-state index in [0.29, 0.717) is 58.0 Å². The maximum absolute atomic E-state index is 11.4. The normalized spacial score (nSPS) is 13.8. The van der Waals surface area contributed by atoms with E-state index in [0.717, 1.165) is 11.1 Å². The number of aromatic hydroxyl groups is 1. The first kappa shape index (κ1) is 25.2. The molecule has 194 valence electrons. The molecule has 38 heavy (non-hydrogen) atoms. The molecule has 3 aromatic carbocycles. The minimum atomic E-state index is -1.02. The number of nitrogens with one attached hydrogen (secondary N) is 2. The Kier molecular flexibility index (Phi) is 6.95. The molecule has 1 unspecified atom stereocenters. The molecule has 5 rings (SSSR count). The summed E-state index contributed by atoms with van der Waals surface area (Å²) < 4.78 is 11.4. The van der Waals surface area contributed by atoms with Crippen molar-refractivity contribution in [3.8, 4) is 39.5 Å². The number of phenols is 1. The van der Waals surface area contributed by atoms with Crippen molar-refractivity contribution in [1.82, 2.24) is 4.98 Å². The topological polar surface area (TPSA) is 139 Å². The van der Waals surface area contributed by atoms with Crippen LogP contribution >= 0.6 is 11.6 Å². The van der Waals surface area contributed by atoms with Crippen molar-refractivity contribution in [2.75, 3.05) is 23.8 Å². The first-order valence-electron chi connectivity index (χ1n) is 11.8. The number of carboxylic acids is 1. The lowest BCUT2D eigenvalue weighted by Crippen LogP contribution is -2.29. The highest BCUT2D eigenvalue weighted by Crippen LogP contribution is 2.38. The maximum atomic E-state index is 11.4. The number of nitrogens with zero attached hydrogens (tertiary/aromatic N) is 1. The predicted octanol–water partition coefficient (Wildman–Crippen LogP) is 5.32. The lowest BCUT2D eigenvalue weighted by Gasteiger charge is -2.15. The van der Waals surface area contributed by atoms with E-state index < -0.39 is 12.3 Å². The minimum absolute atomic E-state index is 0.106. The average Bonchev–Trinajstić information content (AvgIpc) is 3.29. The van der Waals surface area contributed by atoms with E-state index in [1.807, 2.05) is 30.3 Å². The molecule has 0 bridgehead atoms. The van der Waals surface area contributed by atoms with Crippen molar-refractivity contribution in [2.24, 2.45) is 5.73 Å². The van der Waals surface area contributed by atoms with Gasteiger partial charge in [0.25, 0.3) is 0 Å². The largest absolute Gasteiger partial charge is 0.507 e. The van der Waals surface area contributed by atoms with E-state index >= 15 is 0 Å². The second-order valence-electron chi connectivity index (χ2n) is 8.68. The number of rotatable bonds is 8. The number of halogens is 1. The van der Waals surface area contributed by atoms with Crippen molar-refractivity contribution < 1.29 is 24.5 Å². The van der Waals surface area contributed by atoms with Crippen molar-refractivity contribution in [2.45, 2.75) is 13.3 Å². The van der Waals surface area contributed by atoms with Crippen LogP contribution in [0.3, 0.4) is 0 Å². The number of nitrogens with two attached hydrogens (primary N) is 1. The van der Waals surface area contributed by atoms with Gasteiger partial charge < -0.3 is 36.1 Å². The summed E-state index contributed by atoms with van der Waals surface area (Å²) in [5.41, 5.74) is 10.0. The molecule has 0 radical (unpaired) electrons. The Morgan fingerprint density at radius 2 is 1.71 bits per heavy atom. The van der Waals surface area contributed by atoms with Gasteiger partial charge in [0.15, 0.2) is 5.82 Å². The lowest BCUT2D eigenvalue weighted by atomic mass is 10.00. The third-order valence-corrected chi connectivity index (χ3v) is 6.37. The Hall–Kier alpha value is -4.47. The van der Waals surface area contributed by atoms with Crippen LogP contribution in [0.1, 0.15) is 15.9 Å². The number of aryl methyl sites for hydroxylation is 1. The van der Waals surface area contributed by atoms with Crippen molar-refractivity contribution in [3.05, 3.63) is 83.0 Å². The van der Waals surface area contributed by atoms with Crippen LogP contribution in [0.25, 0.3) is 22.3 Å². The minimum Gasteiger partial charge on any atom is -0.507 e. The molecule has 0 fully saturated rings. The van der Waals surface area contributed by atoms with Gasteiger partial charge in [0.2, 0.25) is 6.35 Å². The van der Waals surface area contributed by atoms with Crippen LogP contribution in [-0.2, 0) is 0 Å². The van der Waals surface area contributed by atoms with Crippen LogP contribution in [0.2, 0.25) is 5.15 Å². The molecule has 9 nitrogen and oxygen atoms in total. The van der Waals surface area contributed by atoms with Crippen LogP contribution in [0.4, 0.5) is 11.5 Å². The van der Waals surface area contributed by atoms with Crippen molar-refractivity contribution >= 4 is 29.1 Å². The number of hydrogen-bond donors (Lipinski definition) is 5. The number of aromatic carboxylic acids is 1. The number of ether oxygens (including phenoxy) is 2. The zero-order valence-corrected chi connectivity index (χ0v) is 21.1. The summed E-state index contributed by atoms with van der Waals surface area (Å²) in [6, 6.07) is 19.5. The molecule has 6 N–H and O–H groups in total. The Morgan fingerprint density at radius 3 is 2.39 bits per heavy atom. The Morgan fingerprint density at radius 1 is 1.00 bits per heavy atom. The molecule has 1 aliphatic heterocycles. The van der Waals surface area contributed by atoms with Gasteiger partial charge in [-0.3, -0.25) is 0 Å². The molecule has 1 aliphatic rings. The number of aromatic nitrogens is 1. The Balaban J connectivity index is 1.33. The first-order valence-corrected chi connectivity index (χ1v) is 12.2. The summed E-state index contributed by atoms with van der Waals surface area (Å²) in [5.74, 6) is 0.562. The monoisotopic (exact) mass is 532 g/mol. The zero-order chi connectivity index (χ0) is 26.8. The second-order valence-corrected chi connectivity index (χ2v) is 9.04. The molecule has 0 saturated carbocycles. The Bertz CT molecular complexity index is 1510. The molecule has 0 amide bonds. The van der Waals surface area contributed by atoms with Crippen LogP contribution in [0.15, 0.2) is 66.7 Å². The molecule has 4 aromatic rings. The fourth-order valence-corrected chi connectivity index (χ4v) is 4.41.